The smallest absolute Gasteiger partial charge is 0.258 e. The van der Waals surface area contributed by atoms with Crippen LogP contribution in [0, 0.1) is 19.7 Å². The molecule has 2 aromatic heterocycles. The molecule has 0 aliphatic carbocycles. The molecule has 0 aliphatic heterocycles. The van der Waals surface area contributed by atoms with Crippen LogP contribution in [0.3, 0.4) is 0 Å². The molecule has 5 nitrogen and oxygen atoms in total. The van der Waals surface area contributed by atoms with Crippen LogP contribution in [0.4, 0.5) is 26.6 Å². The first-order valence-electron chi connectivity index (χ1n) is 9.31. The fourth-order valence-corrected chi connectivity index (χ4v) is 3.78. The molecular weight excluding hydrogens is 399 g/mol. The maximum Gasteiger partial charge on any atom is 0.258 e. The van der Waals surface area contributed by atoms with Crippen molar-refractivity contribution in [2.24, 2.45) is 0 Å². The molecule has 7 heteroatoms. The molecule has 0 saturated carbocycles. The average Bonchev–Trinajstić information content (AvgIpc) is 3.27. The summed E-state index contributed by atoms with van der Waals surface area (Å²) in [7, 11) is 0. The number of nitrogens with zero attached hydrogens (tertiary/aromatic N) is 3. The van der Waals surface area contributed by atoms with Gasteiger partial charge in [0.2, 0.25) is 0 Å². The van der Waals surface area contributed by atoms with E-state index in [-0.39, 0.29) is 5.56 Å². The zero-order chi connectivity index (χ0) is 21.1. The summed E-state index contributed by atoms with van der Waals surface area (Å²) in [4.78, 5) is 23.3. The van der Waals surface area contributed by atoms with Crippen molar-refractivity contribution in [1.82, 2.24) is 9.97 Å². The van der Waals surface area contributed by atoms with Crippen molar-refractivity contribution in [1.29, 1.82) is 0 Å². The van der Waals surface area contributed by atoms with Crippen LogP contribution < -0.4 is 10.2 Å². The second-order valence-electron chi connectivity index (χ2n) is 6.80. The number of nitrogens with one attached hydrogen (secondary N) is 1. The first-order chi connectivity index (χ1) is 14.5. The Labute approximate surface area is 177 Å². The summed E-state index contributed by atoms with van der Waals surface area (Å²) in [6.07, 6.45) is 5.21. The van der Waals surface area contributed by atoms with Crippen LogP contribution >= 0.6 is 11.3 Å². The number of carbonyl (C=O) groups excluding carboxylic acids is 1. The number of aryl methyl sites for hydroxylation is 2. The third-order valence-corrected chi connectivity index (χ3v) is 5.35. The number of hydrogen-bond donors (Lipinski definition) is 1. The molecule has 0 radical (unpaired) electrons. The average molecular weight is 418 g/mol. The van der Waals surface area contributed by atoms with Crippen molar-refractivity contribution in [2.75, 3.05) is 10.2 Å². The second kappa shape index (κ2) is 8.42. The molecular formula is C23H19FN4OS. The molecule has 30 heavy (non-hydrogen) atoms. The van der Waals surface area contributed by atoms with Crippen molar-refractivity contribution in [3.63, 3.8) is 0 Å². The Morgan fingerprint density at radius 3 is 2.70 bits per heavy atom. The van der Waals surface area contributed by atoms with Gasteiger partial charge in [0.1, 0.15) is 5.82 Å². The highest BCUT2D eigenvalue weighted by Gasteiger charge is 2.18. The van der Waals surface area contributed by atoms with E-state index in [4.69, 9.17) is 0 Å². The molecule has 2 heterocycles. The van der Waals surface area contributed by atoms with Gasteiger partial charge < -0.3 is 5.32 Å². The molecule has 0 aliphatic rings. The maximum absolute atomic E-state index is 14.1. The highest BCUT2D eigenvalue weighted by molar-refractivity contribution is 7.13. The summed E-state index contributed by atoms with van der Waals surface area (Å²) in [5.74, 6) is -1.04. The molecule has 1 N–H and O–H groups in total. The maximum atomic E-state index is 14.1. The number of thiazole rings is 1. The standard InChI is InChI=1S/C23H19FN4OS/c1-15-5-8-20(24)19(12-15)22(29)27-17-7-6-16(2)21(13-17)28(23-26-10-11-30-23)18-4-3-9-25-14-18/h3-14H,1-2H3,(H,27,29). The van der Waals surface area contributed by atoms with E-state index in [9.17, 15) is 9.18 Å². The molecule has 2 aromatic carbocycles. The van der Waals surface area contributed by atoms with Crippen LogP contribution in [-0.4, -0.2) is 15.9 Å². The van der Waals surface area contributed by atoms with Gasteiger partial charge in [0, 0.05) is 23.5 Å². The lowest BCUT2D eigenvalue weighted by Crippen LogP contribution is -2.15. The summed E-state index contributed by atoms with van der Waals surface area (Å²) in [5, 5.41) is 5.49. The Bertz CT molecular complexity index is 1180. The van der Waals surface area contributed by atoms with E-state index in [2.05, 4.69) is 15.3 Å². The van der Waals surface area contributed by atoms with Gasteiger partial charge >= 0.3 is 0 Å². The van der Waals surface area contributed by atoms with Gasteiger partial charge in [-0.05, 0) is 55.8 Å². The molecule has 0 bridgehead atoms. The lowest BCUT2D eigenvalue weighted by atomic mass is 10.1. The normalized spacial score (nSPS) is 10.6. The first-order valence-corrected chi connectivity index (χ1v) is 10.2. The summed E-state index contributed by atoms with van der Waals surface area (Å²) in [5.41, 5.74) is 4.09. The Morgan fingerprint density at radius 1 is 1.10 bits per heavy atom. The van der Waals surface area contributed by atoms with Gasteiger partial charge in [0.05, 0.1) is 23.1 Å². The summed E-state index contributed by atoms with van der Waals surface area (Å²) in [6, 6.07) is 13.8. The number of rotatable bonds is 5. The van der Waals surface area contributed by atoms with Gasteiger partial charge in [0.15, 0.2) is 5.13 Å². The molecule has 0 unspecified atom stereocenters. The van der Waals surface area contributed by atoms with Crippen LogP contribution in [0.15, 0.2) is 72.5 Å². The number of hydrogen-bond acceptors (Lipinski definition) is 5. The first kappa shape index (κ1) is 19.7. The largest absolute Gasteiger partial charge is 0.322 e. The third kappa shape index (κ3) is 4.06. The van der Waals surface area contributed by atoms with Gasteiger partial charge in [0.25, 0.3) is 5.91 Å². The van der Waals surface area contributed by atoms with Crippen molar-refractivity contribution < 1.29 is 9.18 Å². The number of halogens is 1. The second-order valence-corrected chi connectivity index (χ2v) is 7.67. The van der Waals surface area contributed by atoms with Gasteiger partial charge in [-0.15, -0.1) is 11.3 Å². The Morgan fingerprint density at radius 2 is 1.97 bits per heavy atom. The van der Waals surface area contributed by atoms with E-state index in [1.165, 1.54) is 23.5 Å². The van der Waals surface area contributed by atoms with Crippen LogP contribution in [-0.2, 0) is 0 Å². The lowest BCUT2D eigenvalue weighted by Gasteiger charge is -2.24. The zero-order valence-corrected chi connectivity index (χ0v) is 17.3. The molecule has 150 valence electrons. The highest BCUT2D eigenvalue weighted by Crippen LogP contribution is 2.38. The van der Waals surface area contributed by atoms with E-state index in [0.717, 1.165) is 27.6 Å². The molecule has 0 atom stereocenters. The van der Waals surface area contributed by atoms with Gasteiger partial charge in [-0.3, -0.25) is 14.7 Å². The topological polar surface area (TPSA) is 58.1 Å². The number of benzene rings is 2. The Balaban J connectivity index is 1.72. The number of pyridine rings is 1. The van der Waals surface area contributed by atoms with Crippen molar-refractivity contribution in [2.45, 2.75) is 13.8 Å². The zero-order valence-electron chi connectivity index (χ0n) is 16.5. The minimum absolute atomic E-state index is 0.0150. The molecule has 0 saturated heterocycles. The van der Waals surface area contributed by atoms with Gasteiger partial charge in [-0.2, -0.15) is 0 Å². The number of aromatic nitrogens is 2. The SMILES string of the molecule is Cc1ccc(F)c(C(=O)Nc2ccc(C)c(N(c3cccnc3)c3nccs3)c2)c1. The van der Waals surface area contributed by atoms with Crippen molar-refractivity contribution >= 4 is 39.4 Å². The highest BCUT2D eigenvalue weighted by atomic mass is 32.1. The number of anilines is 4. The molecule has 4 rings (SSSR count). The van der Waals surface area contributed by atoms with E-state index in [1.54, 1.807) is 30.7 Å². The summed E-state index contributed by atoms with van der Waals surface area (Å²) in [6.45, 7) is 3.80. The van der Waals surface area contributed by atoms with E-state index < -0.39 is 11.7 Å². The lowest BCUT2D eigenvalue weighted by molar-refractivity contribution is 0.102. The minimum Gasteiger partial charge on any atom is -0.322 e. The third-order valence-electron chi connectivity index (χ3n) is 4.59. The van der Waals surface area contributed by atoms with E-state index in [1.807, 2.05) is 48.4 Å². The quantitative estimate of drug-likeness (QED) is 0.431. The number of amides is 1. The predicted octanol–water partition coefficient (Wildman–Crippen LogP) is 6.02. The van der Waals surface area contributed by atoms with Crippen molar-refractivity contribution in [3.05, 3.63) is 95.0 Å². The van der Waals surface area contributed by atoms with E-state index in [0.29, 0.717) is 5.69 Å². The monoisotopic (exact) mass is 418 g/mol. The van der Waals surface area contributed by atoms with Gasteiger partial charge in [-0.1, -0.05) is 17.7 Å². The fourth-order valence-electron chi connectivity index (χ4n) is 3.10. The summed E-state index contributed by atoms with van der Waals surface area (Å²) < 4.78 is 14.1. The van der Waals surface area contributed by atoms with E-state index >= 15 is 0 Å². The summed E-state index contributed by atoms with van der Waals surface area (Å²) >= 11 is 1.50. The molecule has 4 aromatic rings. The predicted molar refractivity (Wildman–Crippen MR) is 118 cm³/mol. The molecule has 0 fully saturated rings. The Hall–Kier alpha value is -3.58. The van der Waals surface area contributed by atoms with Crippen molar-refractivity contribution in [3.8, 4) is 0 Å². The van der Waals surface area contributed by atoms with Crippen LogP contribution in [0.2, 0.25) is 0 Å². The number of carbonyl (C=O) groups is 1. The Kier molecular flexibility index (Phi) is 5.54. The minimum atomic E-state index is -0.551. The molecule has 1 amide bonds. The van der Waals surface area contributed by atoms with Gasteiger partial charge in [-0.25, -0.2) is 9.37 Å². The van der Waals surface area contributed by atoms with Crippen LogP contribution in [0.1, 0.15) is 21.5 Å². The molecule has 0 spiro atoms. The van der Waals surface area contributed by atoms with Crippen LogP contribution in [0.25, 0.3) is 0 Å². The van der Waals surface area contributed by atoms with Crippen LogP contribution in [0.5, 0.6) is 0 Å². The fraction of sp³-hybridized carbons (Fsp3) is 0.0870.